The molecule has 9 heteroatoms. The maximum absolute atomic E-state index is 12.1. The van der Waals surface area contributed by atoms with Crippen molar-refractivity contribution in [1.29, 1.82) is 0 Å². The second-order valence-corrected chi connectivity index (χ2v) is 11.0. The van der Waals surface area contributed by atoms with Crippen molar-refractivity contribution >= 4 is 40.3 Å². The number of hydrogen-bond donors (Lipinski definition) is 2. The quantitative estimate of drug-likeness (QED) is 0.348. The number of rotatable bonds is 5. The van der Waals surface area contributed by atoms with Crippen molar-refractivity contribution in [3.8, 4) is 11.5 Å². The molecule has 0 atom stereocenters. The maximum atomic E-state index is 12.1. The van der Waals surface area contributed by atoms with Gasteiger partial charge in [-0.05, 0) is 58.9 Å². The lowest BCUT2D eigenvalue weighted by atomic mass is 9.79. The second-order valence-electron chi connectivity index (χ2n) is 11.0. The van der Waals surface area contributed by atoms with E-state index in [1.807, 2.05) is 34.7 Å². The van der Waals surface area contributed by atoms with Crippen LogP contribution in [-0.4, -0.2) is 37.8 Å². The standard InChI is InChI=1S/C30H34N6O3/c1-18(37)32-28-16-23(9-11-31-28)39-22-7-8-26-27(15-22)35(6)29(34-26)33-21-13-20-17-36(19(2)38)12-10-24(20)25(14-21)30(3,4)5/h7-9,11,13-16H,10,12,17H2,1-6H3,(H,33,34)(H,31,32,37). The van der Waals surface area contributed by atoms with Crippen LogP contribution in [0, 0.1) is 0 Å². The van der Waals surface area contributed by atoms with Gasteiger partial charge in [0.1, 0.15) is 17.3 Å². The van der Waals surface area contributed by atoms with E-state index in [0.29, 0.717) is 29.8 Å². The molecule has 0 saturated carbocycles. The number of aryl methyl sites for hydroxylation is 1. The van der Waals surface area contributed by atoms with Crippen LogP contribution in [0.4, 0.5) is 17.5 Å². The van der Waals surface area contributed by atoms with Crippen LogP contribution in [0.25, 0.3) is 11.0 Å². The highest BCUT2D eigenvalue weighted by Crippen LogP contribution is 2.36. The van der Waals surface area contributed by atoms with E-state index in [-0.39, 0.29) is 17.2 Å². The maximum Gasteiger partial charge on any atom is 0.222 e. The Labute approximate surface area is 228 Å². The summed E-state index contributed by atoms with van der Waals surface area (Å²) in [4.78, 5) is 34.3. The Morgan fingerprint density at radius 3 is 2.51 bits per heavy atom. The number of aromatic nitrogens is 3. The van der Waals surface area contributed by atoms with Crippen LogP contribution in [0.1, 0.15) is 51.3 Å². The first-order chi connectivity index (χ1) is 18.5. The smallest absolute Gasteiger partial charge is 0.222 e. The average Bonchev–Trinajstić information content (AvgIpc) is 3.17. The van der Waals surface area contributed by atoms with Crippen LogP contribution in [0.15, 0.2) is 48.7 Å². The summed E-state index contributed by atoms with van der Waals surface area (Å²) in [6.45, 7) is 11.1. The molecule has 0 fully saturated rings. The Morgan fingerprint density at radius 1 is 1.03 bits per heavy atom. The Hall–Kier alpha value is -4.40. The Kier molecular flexibility index (Phi) is 6.76. The van der Waals surface area contributed by atoms with Gasteiger partial charge in [0.2, 0.25) is 17.8 Å². The van der Waals surface area contributed by atoms with Crippen LogP contribution < -0.4 is 15.4 Å². The number of ether oxygens (including phenoxy) is 1. The number of pyridine rings is 1. The number of carbonyl (C=O) groups excluding carboxylic acids is 2. The number of carbonyl (C=O) groups is 2. The molecule has 0 unspecified atom stereocenters. The highest BCUT2D eigenvalue weighted by molar-refractivity contribution is 5.87. The van der Waals surface area contributed by atoms with Gasteiger partial charge in [-0.2, -0.15) is 0 Å². The van der Waals surface area contributed by atoms with Gasteiger partial charge in [0, 0.05) is 58.0 Å². The van der Waals surface area contributed by atoms with Gasteiger partial charge in [0.25, 0.3) is 0 Å². The molecular formula is C30H34N6O3. The van der Waals surface area contributed by atoms with E-state index in [1.54, 1.807) is 25.3 Å². The van der Waals surface area contributed by atoms with Gasteiger partial charge >= 0.3 is 0 Å². The molecule has 0 spiro atoms. The monoisotopic (exact) mass is 526 g/mol. The van der Waals surface area contributed by atoms with Crippen molar-refractivity contribution < 1.29 is 14.3 Å². The van der Waals surface area contributed by atoms with E-state index < -0.39 is 0 Å². The minimum Gasteiger partial charge on any atom is -0.457 e. The van der Waals surface area contributed by atoms with E-state index in [1.165, 1.54) is 23.6 Å². The minimum atomic E-state index is -0.194. The third-order valence-electron chi connectivity index (χ3n) is 6.97. The first-order valence-electron chi connectivity index (χ1n) is 13.0. The number of amides is 2. The largest absolute Gasteiger partial charge is 0.457 e. The second kappa shape index (κ2) is 10.1. The average molecular weight is 527 g/mol. The van der Waals surface area contributed by atoms with Crippen molar-refractivity contribution in [2.75, 3.05) is 17.2 Å². The zero-order valence-corrected chi connectivity index (χ0v) is 23.3. The molecule has 2 aromatic carbocycles. The van der Waals surface area contributed by atoms with Gasteiger partial charge in [-0.1, -0.05) is 20.8 Å². The van der Waals surface area contributed by atoms with Crippen LogP contribution in [0.2, 0.25) is 0 Å². The van der Waals surface area contributed by atoms with Crippen LogP contribution in [0.5, 0.6) is 11.5 Å². The SMILES string of the molecule is CC(=O)Nc1cc(Oc2ccc3nc(Nc4cc5c(c(C(C)(C)C)c4)CCN(C(C)=O)C5)n(C)c3c2)ccn1. The topological polar surface area (TPSA) is 101 Å². The van der Waals surface area contributed by atoms with Crippen LogP contribution in [0.3, 0.4) is 0 Å². The van der Waals surface area contributed by atoms with Gasteiger partial charge < -0.3 is 24.8 Å². The molecule has 0 bridgehead atoms. The molecule has 1 aliphatic rings. The number of nitrogens with zero attached hydrogens (tertiary/aromatic N) is 4. The number of anilines is 3. The van der Waals surface area contributed by atoms with Crippen molar-refractivity contribution in [2.45, 2.75) is 53.0 Å². The molecule has 202 valence electrons. The summed E-state index contributed by atoms with van der Waals surface area (Å²) >= 11 is 0. The summed E-state index contributed by atoms with van der Waals surface area (Å²) in [5.41, 5.74) is 6.45. The van der Waals surface area contributed by atoms with Crippen LogP contribution >= 0.6 is 0 Å². The molecule has 0 saturated heterocycles. The lowest BCUT2D eigenvalue weighted by Crippen LogP contribution is -2.35. The molecule has 0 radical (unpaired) electrons. The molecule has 39 heavy (non-hydrogen) atoms. The minimum absolute atomic E-state index is 0.0362. The first-order valence-corrected chi connectivity index (χ1v) is 13.0. The summed E-state index contributed by atoms with van der Waals surface area (Å²) in [7, 11) is 1.96. The highest BCUT2D eigenvalue weighted by atomic mass is 16.5. The molecule has 2 amide bonds. The zero-order chi connectivity index (χ0) is 27.9. The number of nitrogens with one attached hydrogen (secondary N) is 2. The van der Waals surface area contributed by atoms with Crippen molar-refractivity contribution in [3.05, 3.63) is 65.4 Å². The fourth-order valence-corrected chi connectivity index (χ4v) is 5.04. The van der Waals surface area contributed by atoms with Gasteiger partial charge in [0.15, 0.2) is 0 Å². The summed E-state index contributed by atoms with van der Waals surface area (Å²) in [6, 6.07) is 13.5. The third-order valence-corrected chi connectivity index (χ3v) is 6.97. The van der Waals surface area contributed by atoms with Gasteiger partial charge in [-0.15, -0.1) is 0 Å². The van der Waals surface area contributed by atoms with Gasteiger partial charge in [0.05, 0.1) is 11.0 Å². The lowest BCUT2D eigenvalue weighted by molar-refractivity contribution is -0.129. The number of imidazole rings is 1. The van der Waals surface area contributed by atoms with Gasteiger partial charge in [-0.25, -0.2) is 9.97 Å². The number of hydrogen-bond acceptors (Lipinski definition) is 6. The predicted molar refractivity (Wildman–Crippen MR) is 153 cm³/mol. The summed E-state index contributed by atoms with van der Waals surface area (Å²) in [5, 5.41) is 6.19. The molecule has 2 aromatic heterocycles. The molecular weight excluding hydrogens is 492 g/mol. The summed E-state index contributed by atoms with van der Waals surface area (Å²) in [6.07, 6.45) is 2.45. The molecule has 3 heterocycles. The Balaban J connectivity index is 1.44. The van der Waals surface area contributed by atoms with Crippen LogP contribution in [-0.2, 0) is 35.0 Å². The zero-order valence-electron chi connectivity index (χ0n) is 23.3. The fraction of sp³-hybridized carbons (Fsp3) is 0.333. The molecule has 4 aromatic rings. The summed E-state index contributed by atoms with van der Waals surface area (Å²) in [5.74, 6) is 2.25. The normalized spacial score (nSPS) is 13.2. The van der Waals surface area contributed by atoms with Gasteiger partial charge in [-0.3, -0.25) is 9.59 Å². The van der Waals surface area contributed by atoms with E-state index in [4.69, 9.17) is 9.72 Å². The molecule has 2 N–H and O–H groups in total. The Morgan fingerprint density at radius 2 is 1.79 bits per heavy atom. The number of fused-ring (bicyclic) bond motifs is 2. The highest BCUT2D eigenvalue weighted by Gasteiger charge is 2.26. The van der Waals surface area contributed by atoms with E-state index in [9.17, 15) is 9.59 Å². The van der Waals surface area contributed by atoms with Crippen molar-refractivity contribution in [1.82, 2.24) is 19.4 Å². The van der Waals surface area contributed by atoms with Crippen molar-refractivity contribution in [2.24, 2.45) is 7.05 Å². The summed E-state index contributed by atoms with van der Waals surface area (Å²) < 4.78 is 8.05. The number of benzene rings is 2. The van der Waals surface area contributed by atoms with Crippen molar-refractivity contribution in [3.63, 3.8) is 0 Å². The van der Waals surface area contributed by atoms with E-state index >= 15 is 0 Å². The third kappa shape index (κ3) is 5.57. The molecule has 5 rings (SSSR count). The van der Waals surface area contributed by atoms with E-state index in [2.05, 4.69) is 48.5 Å². The molecule has 0 aliphatic carbocycles. The fourth-order valence-electron chi connectivity index (χ4n) is 5.04. The molecule has 9 nitrogen and oxygen atoms in total. The molecule has 1 aliphatic heterocycles. The lowest BCUT2D eigenvalue weighted by Gasteiger charge is -2.33. The predicted octanol–water partition coefficient (Wildman–Crippen LogP) is 5.66. The van der Waals surface area contributed by atoms with E-state index in [0.717, 1.165) is 29.7 Å². The first kappa shape index (κ1) is 26.2. The Bertz CT molecular complexity index is 1580.